The maximum atomic E-state index is 12.7. The van der Waals surface area contributed by atoms with Gasteiger partial charge < -0.3 is 38.3 Å². The quantitative estimate of drug-likeness (QED) is 0.308. The number of aliphatic hydroxyl groups is 1. The minimum atomic E-state index is -1.48. The van der Waals surface area contributed by atoms with Crippen molar-refractivity contribution in [3.05, 3.63) is 61.2 Å². The van der Waals surface area contributed by atoms with Gasteiger partial charge in [0, 0.05) is 7.11 Å². The summed E-state index contributed by atoms with van der Waals surface area (Å²) < 4.78 is 36.5. The fraction of sp³-hybridized carbons (Fsp3) is 0.409. The van der Waals surface area contributed by atoms with Crippen molar-refractivity contribution < 1.29 is 52.6 Å². The van der Waals surface area contributed by atoms with Gasteiger partial charge >= 0.3 is 18.3 Å². The van der Waals surface area contributed by atoms with E-state index in [2.05, 4.69) is 13.2 Å². The Hall–Kier alpha value is -3.41. The molecule has 1 N–H and O–H groups in total. The molecule has 11 heteroatoms. The highest BCUT2D eigenvalue weighted by Gasteiger charge is 2.53. The maximum Gasteiger partial charge on any atom is 0.509 e. The number of ether oxygens (including phenoxy) is 7. The van der Waals surface area contributed by atoms with Crippen molar-refractivity contribution in [1.82, 2.24) is 0 Å². The SMILES string of the molecule is C=CCOC(=O)O[C@@H]1[C@@H](OC(=O)OCC=C)[C@@H](OC)O[C@H](CO)[C@H]1OC(=O)c1ccccc1. The highest BCUT2D eigenvalue weighted by atomic mass is 16.8. The van der Waals surface area contributed by atoms with Crippen LogP contribution in [-0.4, -0.2) is 81.0 Å². The molecule has 1 fully saturated rings. The highest BCUT2D eigenvalue weighted by molar-refractivity contribution is 5.89. The van der Waals surface area contributed by atoms with Gasteiger partial charge in [0.2, 0.25) is 0 Å². The Morgan fingerprint density at radius 2 is 1.52 bits per heavy atom. The van der Waals surface area contributed by atoms with E-state index < -0.39 is 55.6 Å². The zero-order valence-electron chi connectivity index (χ0n) is 18.0. The zero-order valence-corrected chi connectivity index (χ0v) is 18.0. The van der Waals surface area contributed by atoms with Crippen molar-refractivity contribution in [3.8, 4) is 0 Å². The predicted octanol–water partition coefficient (Wildman–Crippen LogP) is 1.99. The lowest BCUT2D eigenvalue weighted by Crippen LogP contribution is -2.62. The summed E-state index contributed by atoms with van der Waals surface area (Å²) in [6.45, 7) is 5.90. The fourth-order valence-electron chi connectivity index (χ4n) is 2.93. The lowest BCUT2D eigenvalue weighted by atomic mass is 9.98. The molecule has 0 spiro atoms. The van der Waals surface area contributed by atoms with Crippen LogP contribution in [0.4, 0.5) is 9.59 Å². The molecule has 11 nitrogen and oxygen atoms in total. The number of rotatable bonds is 10. The number of esters is 1. The molecule has 1 heterocycles. The third-order valence-electron chi connectivity index (χ3n) is 4.36. The Kier molecular flexibility index (Phi) is 10.3. The van der Waals surface area contributed by atoms with Crippen molar-refractivity contribution in [3.63, 3.8) is 0 Å². The van der Waals surface area contributed by atoms with Gasteiger partial charge in [0.1, 0.15) is 19.3 Å². The number of hydrogen-bond donors (Lipinski definition) is 1. The van der Waals surface area contributed by atoms with E-state index in [4.69, 9.17) is 33.2 Å². The van der Waals surface area contributed by atoms with Crippen LogP contribution in [0.2, 0.25) is 0 Å². The van der Waals surface area contributed by atoms with Crippen molar-refractivity contribution in [2.75, 3.05) is 26.9 Å². The van der Waals surface area contributed by atoms with Gasteiger partial charge in [0.25, 0.3) is 0 Å². The topological polar surface area (TPSA) is 136 Å². The molecule has 0 amide bonds. The molecule has 180 valence electrons. The Bertz CT molecular complexity index is 810. The van der Waals surface area contributed by atoms with E-state index in [1.807, 2.05) is 0 Å². The Morgan fingerprint density at radius 3 is 2.03 bits per heavy atom. The Morgan fingerprint density at radius 1 is 0.939 bits per heavy atom. The summed E-state index contributed by atoms with van der Waals surface area (Å²) in [5.74, 6) is -0.792. The van der Waals surface area contributed by atoms with Crippen molar-refractivity contribution >= 4 is 18.3 Å². The molecule has 1 aliphatic heterocycles. The molecule has 0 saturated carbocycles. The summed E-state index contributed by atoms with van der Waals surface area (Å²) in [5.41, 5.74) is 0.193. The molecule has 1 aromatic rings. The van der Waals surface area contributed by atoms with E-state index in [0.29, 0.717) is 0 Å². The van der Waals surface area contributed by atoms with E-state index >= 15 is 0 Å². The summed E-state index contributed by atoms with van der Waals surface area (Å²) >= 11 is 0. The molecule has 5 atom stereocenters. The van der Waals surface area contributed by atoms with Gasteiger partial charge in [-0.15, -0.1) is 0 Å². The zero-order chi connectivity index (χ0) is 24.2. The average Bonchev–Trinajstić information content (AvgIpc) is 2.83. The lowest BCUT2D eigenvalue weighted by molar-refractivity contribution is -0.295. The molecule has 1 aromatic carbocycles. The summed E-state index contributed by atoms with van der Waals surface area (Å²) in [5, 5.41) is 9.84. The van der Waals surface area contributed by atoms with Crippen molar-refractivity contribution in [2.45, 2.75) is 30.7 Å². The third-order valence-corrected chi connectivity index (χ3v) is 4.36. The van der Waals surface area contributed by atoms with Crippen LogP contribution in [-0.2, 0) is 33.2 Å². The number of aliphatic hydroxyl groups excluding tert-OH is 1. The van der Waals surface area contributed by atoms with Crippen LogP contribution in [0.5, 0.6) is 0 Å². The van der Waals surface area contributed by atoms with Gasteiger partial charge in [-0.05, 0) is 12.1 Å². The Balaban J connectivity index is 2.35. The van der Waals surface area contributed by atoms with Gasteiger partial charge in [-0.2, -0.15) is 0 Å². The molecule has 0 aromatic heterocycles. The van der Waals surface area contributed by atoms with Crippen LogP contribution in [0.15, 0.2) is 55.6 Å². The standard InChI is InChI=1S/C22H26O11/c1-4-11-28-21(25)32-17-16(31-19(24)14-9-7-6-8-10-14)15(13-23)30-20(27-3)18(17)33-22(26)29-12-5-2/h4-10,15-18,20,23H,1-2,11-13H2,3H3/t15-,16-,17+,18-,20+/m1/s1. The number of methoxy groups -OCH3 is 1. The molecule has 1 aliphatic rings. The van der Waals surface area contributed by atoms with Gasteiger partial charge in [0.05, 0.1) is 12.2 Å². The first kappa shape index (κ1) is 25.8. The van der Waals surface area contributed by atoms with Crippen molar-refractivity contribution in [2.24, 2.45) is 0 Å². The van der Waals surface area contributed by atoms with E-state index in [1.54, 1.807) is 18.2 Å². The molecule has 0 aliphatic carbocycles. The first-order valence-corrected chi connectivity index (χ1v) is 9.88. The summed E-state index contributed by atoms with van der Waals surface area (Å²) in [4.78, 5) is 37.0. The molecule has 0 unspecified atom stereocenters. The predicted molar refractivity (Wildman–Crippen MR) is 111 cm³/mol. The second-order valence-corrected chi connectivity index (χ2v) is 6.56. The number of carbonyl (C=O) groups is 3. The number of benzene rings is 1. The monoisotopic (exact) mass is 466 g/mol. The minimum absolute atomic E-state index is 0.150. The van der Waals surface area contributed by atoms with Gasteiger partial charge in [-0.25, -0.2) is 14.4 Å². The van der Waals surface area contributed by atoms with E-state index in [1.165, 1.54) is 31.4 Å². The van der Waals surface area contributed by atoms with E-state index in [9.17, 15) is 19.5 Å². The second-order valence-electron chi connectivity index (χ2n) is 6.56. The van der Waals surface area contributed by atoms with Crippen LogP contribution in [0.25, 0.3) is 0 Å². The maximum absolute atomic E-state index is 12.7. The fourth-order valence-corrected chi connectivity index (χ4v) is 2.93. The van der Waals surface area contributed by atoms with Crippen LogP contribution >= 0.6 is 0 Å². The number of hydrogen-bond acceptors (Lipinski definition) is 11. The molecule has 1 saturated heterocycles. The molecule has 2 rings (SSSR count). The van der Waals surface area contributed by atoms with Crippen LogP contribution < -0.4 is 0 Å². The molecule has 0 radical (unpaired) electrons. The van der Waals surface area contributed by atoms with Crippen LogP contribution in [0.3, 0.4) is 0 Å². The summed E-state index contributed by atoms with van der Waals surface area (Å²) in [7, 11) is 1.24. The van der Waals surface area contributed by atoms with Gasteiger partial charge in [0.15, 0.2) is 24.6 Å². The highest BCUT2D eigenvalue weighted by Crippen LogP contribution is 2.30. The summed E-state index contributed by atoms with van der Waals surface area (Å²) in [6, 6.07) is 7.97. The third kappa shape index (κ3) is 7.31. The minimum Gasteiger partial charge on any atom is -0.452 e. The van der Waals surface area contributed by atoms with E-state index in [-0.39, 0.29) is 18.8 Å². The Labute approximate surface area is 190 Å². The molecule has 0 bridgehead atoms. The second kappa shape index (κ2) is 13.2. The molecular formula is C22H26O11. The van der Waals surface area contributed by atoms with E-state index in [0.717, 1.165) is 0 Å². The summed E-state index contributed by atoms with van der Waals surface area (Å²) in [6.07, 6.45) is -6.50. The molecular weight excluding hydrogens is 440 g/mol. The average molecular weight is 466 g/mol. The van der Waals surface area contributed by atoms with Gasteiger partial charge in [-0.3, -0.25) is 0 Å². The van der Waals surface area contributed by atoms with Crippen LogP contribution in [0.1, 0.15) is 10.4 Å². The first-order valence-electron chi connectivity index (χ1n) is 9.88. The van der Waals surface area contributed by atoms with Crippen LogP contribution in [0, 0.1) is 0 Å². The normalized spacial score (nSPS) is 24.1. The number of carbonyl (C=O) groups excluding carboxylic acids is 3. The van der Waals surface area contributed by atoms with Gasteiger partial charge in [-0.1, -0.05) is 43.5 Å². The largest absolute Gasteiger partial charge is 0.509 e. The smallest absolute Gasteiger partial charge is 0.452 e. The first-order chi connectivity index (χ1) is 15.9. The lowest BCUT2D eigenvalue weighted by Gasteiger charge is -2.43. The van der Waals surface area contributed by atoms with Crippen molar-refractivity contribution in [1.29, 1.82) is 0 Å². The molecule has 33 heavy (non-hydrogen) atoms.